The molecule has 0 unspecified atom stereocenters. The zero-order chi connectivity index (χ0) is 17.0. The predicted molar refractivity (Wildman–Crippen MR) is 92.2 cm³/mol. The molecule has 0 atom stereocenters. The van der Waals surface area contributed by atoms with Gasteiger partial charge in [-0.1, -0.05) is 42.5 Å². The molecule has 0 fully saturated rings. The van der Waals surface area contributed by atoms with Crippen LogP contribution in [0.15, 0.2) is 54.6 Å². The molecule has 2 aromatic rings. The maximum Gasteiger partial charge on any atom is 0.314 e. The highest BCUT2D eigenvalue weighted by molar-refractivity contribution is 5.73. The topological polar surface area (TPSA) is 50.4 Å². The third kappa shape index (κ3) is 7.24. The minimum atomic E-state index is -0.251. The number of hydrogen-bond acceptors (Lipinski definition) is 2. The molecule has 0 aliphatic rings. The molecule has 2 N–H and O–H groups in total. The van der Waals surface area contributed by atoms with Gasteiger partial charge in [-0.2, -0.15) is 0 Å². The van der Waals surface area contributed by atoms with Crippen LogP contribution in [0.2, 0.25) is 0 Å². The number of amides is 2. The van der Waals surface area contributed by atoms with E-state index in [1.165, 1.54) is 12.1 Å². The molecule has 0 spiro atoms. The Balaban J connectivity index is 1.47. The number of carbonyl (C=O) groups excluding carboxylic acids is 1. The summed E-state index contributed by atoms with van der Waals surface area (Å²) < 4.78 is 18.3. The second kappa shape index (κ2) is 10.4. The molecule has 0 saturated carbocycles. The summed E-state index contributed by atoms with van der Waals surface area (Å²) in [5, 5.41) is 5.56. The lowest BCUT2D eigenvalue weighted by Crippen LogP contribution is -2.37. The van der Waals surface area contributed by atoms with E-state index in [2.05, 4.69) is 10.6 Å². The van der Waals surface area contributed by atoms with Gasteiger partial charge in [0.2, 0.25) is 0 Å². The van der Waals surface area contributed by atoms with Gasteiger partial charge in [-0.3, -0.25) is 0 Å². The maximum atomic E-state index is 12.8. The lowest BCUT2D eigenvalue weighted by atomic mass is 10.1. The number of rotatable bonds is 9. The van der Waals surface area contributed by atoms with Crippen molar-refractivity contribution in [1.29, 1.82) is 0 Å². The van der Waals surface area contributed by atoms with E-state index in [4.69, 9.17) is 4.74 Å². The summed E-state index contributed by atoms with van der Waals surface area (Å²) in [6.45, 7) is 2.27. The van der Waals surface area contributed by atoms with E-state index in [0.717, 1.165) is 17.5 Å². The van der Waals surface area contributed by atoms with Gasteiger partial charge < -0.3 is 15.4 Å². The first-order valence-electron chi connectivity index (χ1n) is 8.12. The molecule has 4 nitrogen and oxygen atoms in total. The van der Waals surface area contributed by atoms with Crippen molar-refractivity contribution in [3.63, 3.8) is 0 Å². The summed E-state index contributed by atoms with van der Waals surface area (Å²) >= 11 is 0. The monoisotopic (exact) mass is 330 g/mol. The Morgan fingerprint density at radius 3 is 2.38 bits per heavy atom. The first-order chi connectivity index (χ1) is 11.7. The van der Waals surface area contributed by atoms with Crippen molar-refractivity contribution in [2.75, 3.05) is 19.7 Å². The Hall–Kier alpha value is -2.40. The number of urea groups is 1. The molecule has 2 aromatic carbocycles. The van der Waals surface area contributed by atoms with Gasteiger partial charge in [-0.05, 0) is 36.1 Å². The summed E-state index contributed by atoms with van der Waals surface area (Å²) in [4.78, 5) is 11.6. The number of ether oxygens (including phenoxy) is 1. The Morgan fingerprint density at radius 2 is 1.62 bits per heavy atom. The van der Waals surface area contributed by atoms with Gasteiger partial charge in [-0.25, -0.2) is 9.18 Å². The van der Waals surface area contributed by atoms with Crippen LogP contribution in [0.5, 0.6) is 0 Å². The van der Waals surface area contributed by atoms with E-state index in [9.17, 15) is 9.18 Å². The first-order valence-corrected chi connectivity index (χ1v) is 8.12. The molecular weight excluding hydrogens is 307 g/mol. The third-order valence-electron chi connectivity index (χ3n) is 3.48. The average molecular weight is 330 g/mol. The largest absolute Gasteiger partial charge is 0.377 e. The number of carbonyl (C=O) groups is 1. The lowest BCUT2D eigenvalue weighted by Gasteiger charge is -2.08. The molecular formula is C19H23FN2O2. The minimum Gasteiger partial charge on any atom is -0.377 e. The van der Waals surface area contributed by atoms with Crippen LogP contribution >= 0.6 is 0 Å². The predicted octanol–water partition coefficient (Wildman–Crippen LogP) is 3.27. The van der Waals surface area contributed by atoms with Crippen molar-refractivity contribution < 1.29 is 13.9 Å². The van der Waals surface area contributed by atoms with Gasteiger partial charge in [0.25, 0.3) is 0 Å². The minimum absolute atomic E-state index is 0.194. The van der Waals surface area contributed by atoms with Crippen molar-refractivity contribution in [1.82, 2.24) is 10.6 Å². The van der Waals surface area contributed by atoms with Crippen molar-refractivity contribution in [2.24, 2.45) is 0 Å². The fourth-order valence-corrected chi connectivity index (χ4v) is 2.17. The SMILES string of the molecule is O=C(NCCCOCc1ccccc1)NCCc1ccc(F)cc1. The van der Waals surface area contributed by atoms with Crippen LogP contribution < -0.4 is 10.6 Å². The fraction of sp³-hybridized carbons (Fsp3) is 0.316. The number of halogens is 1. The second-order valence-electron chi connectivity index (χ2n) is 5.45. The molecule has 0 aromatic heterocycles. The van der Waals surface area contributed by atoms with Crippen LogP contribution in [0.25, 0.3) is 0 Å². The maximum absolute atomic E-state index is 12.8. The van der Waals surface area contributed by atoms with Gasteiger partial charge in [0.05, 0.1) is 6.61 Å². The highest BCUT2D eigenvalue weighted by atomic mass is 19.1. The molecule has 0 saturated heterocycles. The van der Waals surface area contributed by atoms with Crippen LogP contribution in [-0.4, -0.2) is 25.7 Å². The molecule has 2 rings (SSSR count). The van der Waals surface area contributed by atoms with Crippen LogP contribution in [0, 0.1) is 5.82 Å². The van der Waals surface area contributed by atoms with Crippen molar-refractivity contribution in [3.8, 4) is 0 Å². The summed E-state index contributed by atoms with van der Waals surface area (Å²) in [5.74, 6) is -0.251. The zero-order valence-electron chi connectivity index (χ0n) is 13.6. The van der Waals surface area contributed by atoms with Gasteiger partial charge in [0.1, 0.15) is 5.82 Å². The molecule has 0 heterocycles. The zero-order valence-corrected chi connectivity index (χ0v) is 13.6. The average Bonchev–Trinajstić information content (AvgIpc) is 2.60. The number of benzene rings is 2. The number of hydrogen-bond donors (Lipinski definition) is 2. The van der Waals surface area contributed by atoms with E-state index >= 15 is 0 Å². The Kier molecular flexibility index (Phi) is 7.77. The highest BCUT2D eigenvalue weighted by Crippen LogP contribution is 2.02. The summed E-state index contributed by atoms with van der Waals surface area (Å²) in [6, 6.07) is 16.1. The van der Waals surface area contributed by atoms with Crippen LogP contribution in [0.4, 0.5) is 9.18 Å². The van der Waals surface area contributed by atoms with Gasteiger partial charge in [0, 0.05) is 19.7 Å². The molecule has 0 radical (unpaired) electrons. The molecule has 5 heteroatoms. The second-order valence-corrected chi connectivity index (χ2v) is 5.45. The van der Waals surface area contributed by atoms with Crippen LogP contribution in [0.1, 0.15) is 17.5 Å². The summed E-state index contributed by atoms with van der Waals surface area (Å²) in [6.07, 6.45) is 1.44. The summed E-state index contributed by atoms with van der Waals surface area (Å²) in [7, 11) is 0. The van der Waals surface area contributed by atoms with E-state index in [1.54, 1.807) is 12.1 Å². The van der Waals surface area contributed by atoms with Crippen LogP contribution in [0.3, 0.4) is 0 Å². The lowest BCUT2D eigenvalue weighted by molar-refractivity contribution is 0.118. The molecule has 0 aliphatic heterocycles. The van der Waals surface area contributed by atoms with Gasteiger partial charge >= 0.3 is 6.03 Å². The Bertz CT molecular complexity index is 603. The van der Waals surface area contributed by atoms with E-state index in [-0.39, 0.29) is 11.8 Å². The smallest absolute Gasteiger partial charge is 0.314 e. The van der Waals surface area contributed by atoms with Crippen LogP contribution in [-0.2, 0) is 17.8 Å². The summed E-state index contributed by atoms with van der Waals surface area (Å²) in [5.41, 5.74) is 2.13. The van der Waals surface area contributed by atoms with Crippen molar-refractivity contribution >= 4 is 6.03 Å². The Morgan fingerprint density at radius 1 is 0.917 bits per heavy atom. The van der Waals surface area contributed by atoms with E-state index in [0.29, 0.717) is 32.7 Å². The molecule has 0 aliphatic carbocycles. The van der Waals surface area contributed by atoms with Gasteiger partial charge in [0.15, 0.2) is 0 Å². The van der Waals surface area contributed by atoms with Crippen molar-refractivity contribution in [3.05, 3.63) is 71.5 Å². The Labute approximate surface area is 142 Å². The van der Waals surface area contributed by atoms with Crippen molar-refractivity contribution in [2.45, 2.75) is 19.4 Å². The van der Waals surface area contributed by atoms with E-state index in [1.807, 2.05) is 30.3 Å². The fourth-order valence-electron chi connectivity index (χ4n) is 2.17. The molecule has 128 valence electrons. The number of nitrogens with one attached hydrogen (secondary N) is 2. The third-order valence-corrected chi connectivity index (χ3v) is 3.48. The van der Waals surface area contributed by atoms with E-state index < -0.39 is 0 Å². The highest BCUT2D eigenvalue weighted by Gasteiger charge is 2.00. The quantitative estimate of drug-likeness (QED) is 0.693. The molecule has 0 bridgehead atoms. The molecule has 24 heavy (non-hydrogen) atoms. The first kappa shape index (κ1) is 17.9. The molecule has 2 amide bonds. The standard InChI is InChI=1S/C19H23FN2O2/c20-18-9-7-16(8-10-18)11-13-22-19(23)21-12-4-14-24-15-17-5-2-1-3-6-17/h1-3,5-10H,4,11-15H2,(H2,21,22,23). The normalized spacial score (nSPS) is 10.4. The van der Waals surface area contributed by atoms with Gasteiger partial charge in [-0.15, -0.1) is 0 Å².